The number of hydrogen-bond donors (Lipinski definition) is 0. The molecule has 0 bridgehead atoms. The second kappa shape index (κ2) is 4.77. The van der Waals surface area contributed by atoms with Gasteiger partial charge < -0.3 is 0 Å². The van der Waals surface area contributed by atoms with Crippen molar-refractivity contribution in [1.82, 2.24) is 0 Å². The molecule has 0 N–H and O–H groups in total. The first-order valence-electron chi connectivity index (χ1n) is 6.17. The third-order valence-electron chi connectivity index (χ3n) is 2.98. The van der Waals surface area contributed by atoms with Gasteiger partial charge in [-0.15, -0.1) is 0 Å². The number of aryl methyl sites for hydroxylation is 2. The maximum Gasteiger partial charge on any atom is 0.261 e. The predicted octanol–water partition coefficient (Wildman–Crippen LogP) is 2.90. The molecule has 1 aromatic rings. The van der Waals surface area contributed by atoms with Crippen molar-refractivity contribution in [3.8, 4) is 0 Å². The second-order valence-corrected chi connectivity index (χ2v) is 4.69. The maximum absolute atomic E-state index is 12.2. The van der Waals surface area contributed by atoms with Gasteiger partial charge in [-0.3, -0.25) is 9.59 Å². The number of carbonyl (C=O) groups excluding carboxylic acids is 2. The van der Waals surface area contributed by atoms with E-state index < -0.39 is 0 Å². The number of carbonyl (C=O) groups is 2. The van der Waals surface area contributed by atoms with Crippen LogP contribution >= 0.6 is 0 Å². The molecule has 2 amide bonds. The van der Waals surface area contributed by atoms with E-state index in [4.69, 9.17) is 0 Å². The molecule has 1 saturated heterocycles. The highest BCUT2D eigenvalue weighted by molar-refractivity contribution is 6.28. The monoisotopic (exact) mass is 243 g/mol. The SMILES string of the molecule is CCC=C1CC(=O)N(c2cc(C)cc(C)c2)C1=O. The Kier molecular flexibility index (Phi) is 3.32. The highest BCUT2D eigenvalue weighted by Gasteiger charge is 2.34. The molecule has 0 aromatic heterocycles. The molecule has 1 aliphatic heterocycles. The van der Waals surface area contributed by atoms with Crippen LogP contribution in [0.4, 0.5) is 5.69 Å². The van der Waals surface area contributed by atoms with E-state index in [2.05, 4.69) is 0 Å². The van der Waals surface area contributed by atoms with Gasteiger partial charge in [0.25, 0.3) is 5.91 Å². The first-order valence-corrected chi connectivity index (χ1v) is 6.17. The zero-order chi connectivity index (χ0) is 13.3. The van der Waals surface area contributed by atoms with Gasteiger partial charge in [0, 0.05) is 5.57 Å². The number of amides is 2. The van der Waals surface area contributed by atoms with E-state index in [9.17, 15) is 9.59 Å². The fraction of sp³-hybridized carbons (Fsp3) is 0.333. The summed E-state index contributed by atoms with van der Waals surface area (Å²) in [6.45, 7) is 5.89. The smallest absolute Gasteiger partial charge is 0.261 e. The Labute approximate surface area is 107 Å². The van der Waals surface area contributed by atoms with Crippen LogP contribution in [0.25, 0.3) is 0 Å². The fourth-order valence-corrected chi connectivity index (χ4v) is 2.32. The zero-order valence-corrected chi connectivity index (χ0v) is 11.0. The summed E-state index contributed by atoms with van der Waals surface area (Å²) in [5.41, 5.74) is 3.40. The van der Waals surface area contributed by atoms with Gasteiger partial charge in [-0.2, -0.15) is 0 Å². The number of allylic oxidation sites excluding steroid dienone is 1. The lowest BCUT2D eigenvalue weighted by molar-refractivity contribution is -0.120. The summed E-state index contributed by atoms with van der Waals surface area (Å²) in [6.07, 6.45) is 2.83. The van der Waals surface area contributed by atoms with Crippen LogP contribution in [0.15, 0.2) is 29.8 Å². The minimum absolute atomic E-state index is 0.135. The Hall–Kier alpha value is -1.90. The summed E-state index contributed by atoms with van der Waals surface area (Å²) in [6, 6.07) is 5.77. The van der Waals surface area contributed by atoms with E-state index in [1.54, 1.807) is 0 Å². The van der Waals surface area contributed by atoms with Crippen molar-refractivity contribution in [3.05, 3.63) is 41.0 Å². The normalized spacial score (nSPS) is 17.9. The molecule has 1 heterocycles. The number of anilines is 1. The van der Waals surface area contributed by atoms with E-state index in [0.29, 0.717) is 11.3 Å². The summed E-state index contributed by atoms with van der Waals surface area (Å²) in [4.78, 5) is 25.4. The molecule has 0 radical (unpaired) electrons. The number of benzene rings is 1. The minimum Gasteiger partial charge on any atom is -0.274 e. The number of imide groups is 1. The average Bonchev–Trinajstić information content (AvgIpc) is 2.53. The van der Waals surface area contributed by atoms with Gasteiger partial charge in [0.15, 0.2) is 0 Å². The maximum atomic E-state index is 12.2. The summed E-state index contributed by atoms with van der Waals surface area (Å²) in [5.74, 6) is -0.309. The third kappa shape index (κ3) is 2.21. The molecule has 0 spiro atoms. The predicted molar refractivity (Wildman–Crippen MR) is 71.4 cm³/mol. The van der Waals surface area contributed by atoms with Crippen LogP contribution in [0.1, 0.15) is 30.9 Å². The van der Waals surface area contributed by atoms with Gasteiger partial charge in [0.1, 0.15) is 0 Å². The lowest BCUT2D eigenvalue weighted by Gasteiger charge is -2.15. The average molecular weight is 243 g/mol. The quantitative estimate of drug-likeness (QED) is 0.591. The molecule has 3 nitrogen and oxygen atoms in total. The van der Waals surface area contributed by atoms with Crippen LogP contribution in [-0.2, 0) is 9.59 Å². The molecule has 0 unspecified atom stereocenters. The zero-order valence-electron chi connectivity index (χ0n) is 11.0. The molecule has 0 aliphatic carbocycles. The van der Waals surface area contributed by atoms with Crippen molar-refractivity contribution in [3.63, 3.8) is 0 Å². The topological polar surface area (TPSA) is 37.4 Å². The molecule has 1 fully saturated rings. The van der Waals surface area contributed by atoms with Gasteiger partial charge in [0.2, 0.25) is 5.91 Å². The lowest BCUT2D eigenvalue weighted by Crippen LogP contribution is -2.29. The molecule has 0 saturated carbocycles. The highest BCUT2D eigenvalue weighted by Crippen LogP contribution is 2.27. The fourth-order valence-electron chi connectivity index (χ4n) is 2.32. The lowest BCUT2D eigenvalue weighted by atomic mass is 10.1. The van der Waals surface area contributed by atoms with Gasteiger partial charge in [-0.1, -0.05) is 19.1 Å². The first kappa shape index (κ1) is 12.6. The molecular formula is C15H17NO2. The van der Waals surface area contributed by atoms with Crippen molar-refractivity contribution in [2.75, 3.05) is 4.90 Å². The summed E-state index contributed by atoms with van der Waals surface area (Å²) in [7, 11) is 0. The Morgan fingerprint density at radius 1 is 1.17 bits per heavy atom. The number of rotatable bonds is 2. The van der Waals surface area contributed by atoms with Crippen LogP contribution in [-0.4, -0.2) is 11.8 Å². The van der Waals surface area contributed by atoms with Crippen molar-refractivity contribution in [1.29, 1.82) is 0 Å². The number of nitrogens with zero attached hydrogens (tertiary/aromatic N) is 1. The van der Waals surface area contributed by atoms with Crippen LogP contribution < -0.4 is 4.90 Å². The highest BCUT2D eigenvalue weighted by atomic mass is 16.2. The largest absolute Gasteiger partial charge is 0.274 e. The van der Waals surface area contributed by atoms with Crippen LogP contribution in [0, 0.1) is 13.8 Å². The first-order chi connectivity index (χ1) is 8.52. The summed E-state index contributed by atoms with van der Waals surface area (Å²) in [5, 5.41) is 0. The second-order valence-electron chi connectivity index (χ2n) is 4.69. The summed E-state index contributed by atoms with van der Waals surface area (Å²) >= 11 is 0. The van der Waals surface area contributed by atoms with Crippen molar-refractivity contribution in [2.24, 2.45) is 0 Å². The molecule has 0 atom stereocenters. The van der Waals surface area contributed by atoms with E-state index in [1.165, 1.54) is 4.90 Å². The Morgan fingerprint density at radius 3 is 2.33 bits per heavy atom. The third-order valence-corrected chi connectivity index (χ3v) is 2.98. The van der Waals surface area contributed by atoms with Crippen LogP contribution in [0.2, 0.25) is 0 Å². The number of hydrogen-bond acceptors (Lipinski definition) is 2. The molecule has 94 valence electrons. The van der Waals surface area contributed by atoms with Gasteiger partial charge in [-0.25, -0.2) is 4.90 Å². The van der Waals surface area contributed by atoms with Crippen molar-refractivity contribution < 1.29 is 9.59 Å². The Bertz CT molecular complexity index is 523. The summed E-state index contributed by atoms with van der Waals surface area (Å²) < 4.78 is 0. The minimum atomic E-state index is -0.174. The van der Waals surface area contributed by atoms with E-state index in [1.807, 2.05) is 45.0 Å². The van der Waals surface area contributed by atoms with Crippen molar-refractivity contribution >= 4 is 17.5 Å². The molecular weight excluding hydrogens is 226 g/mol. The van der Waals surface area contributed by atoms with E-state index >= 15 is 0 Å². The Morgan fingerprint density at radius 2 is 1.78 bits per heavy atom. The van der Waals surface area contributed by atoms with E-state index in [0.717, 1.165) is 17.5 Å². The van der Waals surface area contributed by atoms with Gasteiger partial charge in [0.05, 0.1) is 12.1 Å². The van der Waals surface area contributed by atoms with Gasteiger partial charge in [-0.05, 0) is 43.5 Å². The molecule has 1 aromatic carbocycles. The van der Waals surface area contributed by atoms with Crippen molar-refractivity contribution in [2.45, 2.75) is 33.6 Å². The van der Waals surface area contributed by atoms with Crippen LogP contribution in [0.3, 0.4) is 0 Å². The van der Waals surface area contributed by atoms with Gasteiger partial charge >= 0.3 is 0 Å². The van der Waals surface area contributed by atoms with Crippen LogP contribution in [0.5, 0.6) is 0 Å². The Balaban J connectivity index is 2.42. The standard InChI is InChI=1S/C15H17NO2/c1-4-5-12-9-14(17)16(15(12)18)13-7-10(2)6-11(3)8-13/h5-8H,4,9H2,1-3H3. The van der Waals surface area contributed by atoms with E-state index in [-0.39, 0.29) is 18.2 Å². The molecule has 18 heavy (non-hydrogen) atoms. The molecule has 2 rings (SSSR count). The molecule has 1 aliphatic rings. The molecule has 3 heteroatoms.